The molecule has 0 radical (unpaired) electrons. The summed E-state index contributed by atoms with van der Waals surface area (Å²) in [6.07, 6.45) is 0. The number of rotatable bonds is 3. The number of thiophene rings is 1. The normalized spacial score (nSPS) is 10.0. The summed E-state index contributed by atoms with van der Waals surface area (Å²) in [6.45, 7) is 0. The molecule has 0 unspecified atom stereocenters. The highest BCUT2D eigenvalue weighted by atomic mass is 32.1. The van der Waals surface area contributed by atoms with Gasteiger partial charge in [0.25, 0.3) is 11.8 Å². The smallest absolute Gasteiger partial charge is 0.269 e. The number of benzene rings is 2. The van der Waals surface area contributed by atoms with Crippen LogP contribution in [0.25, 0.3) is 11.1 Å². The first-order valence-electron chi connectivity index (χ1n) is 7.74. The van der Waals surface area contributed by atoms with Crippen molar-refractivity contribution in [1.82, 2.24) is 16.2 Å². The maximum absolute atomic E-state index is 12.2. The molecule has 3 aromatic rings. The molecule has 0 atom stereocenters. The number of hydrazine groups is 1. The summed E-state index contributed by atoms with van der Waals surface area (Å²) in [5.74, 6) is -0.670. The van der Waals surface area contributed by atoms with Crippen LogP contribution in [0, 0.1) is 0 Å². The summed E-state index contributed by atoms with van der Waals surface area (Å²) < 4.78 is 0. The topological polar surface area (TPSA) is 70.2 Å². The van der Waals surface area contributed by atoms with Gasteiger partial charge in [-0.05, 0) is 46.9 Å². The molecule has 0 saturated heterocycles. The minimum absolute atomic E-state index is 0.0256. The molecule has 7 heteroatoms. The molecule has 0 bridgehead atoms. The van der Waals surface area contributed by atoms with Crippen LogP contribution in [0.1, 0.15) is 20.0 Å². The lowest BCUT2D eigenvalue weighted by atomic mass is 10.0. The van der Waals surface area contributed by atoms with Crippen LogP contribution >= 0.6 is 23.6 Å². The van der Waals surface area contributed by atoms with Crippen molar-refractivity contribution in [3.05, 3.63) is 82.6 Å². The van der Waals surface area contributed by atoms with Crippen molar-refractivity contribution < 1.29 is 9.59 Å². The first kappa shape index (κ1) is 17.8. The van der Waals surface area contributed by atoms with Gasteiger partial charge in [0.05, 0.1) is 4.88 Å². The van der Waals surface area contributed by atoms with Crippen molar-refractivity contribution in [2.75, 3.05) is 0 Å². The average molecular weight is 381 g/mol. The SMILES string of the molecule is O=C(NNC(=S)NC(=O)c1cccs1)c1ccc(-c2ccccc2)cc1. The molecule has 0 aliphatic rings. The van der Waals surface area contributed by atoms with Crippen LogP contribution in [-0.4, -0.2) is 16.9 Å². The molecule has 1 heterocycles. The summed E-state index contributed by atoms with van der Waals surface area (Å²) in [5.41, 5.74) is 7.57. The van der Waals surface area contributed by atoms with E-state index in [-0.39, 0.29) is 16.9 Å². The van der Waals surface area contributed by atoms with Gasteiger partial charge in [-0.2, -0.15) is 0 Å². The molecule has 2 aromatic carbocycles. The van der Waals surface area contributed by atoms with E-state index in [0.717, 1.165) is 11.1 Å². The van der Waals surface area contributed by atoms with Crippen molar-refractivity contribution >= 4 is 40.5 Å². The van der Waals surface area contributed by atoms with Crippen molar-refractivity contribution in [2.24, 2.45) is 0 Å². The van der Waals surface area contributed by atoms with Gasteiger partial charge in [0.1, 0.15) is 0 Å². The fraction of sp³-hybridized carbons (Fsp3) is 0. The Morgan fingerprint density at radius 3 is 2.12 bits per heavy atom. The van der Waals surface area contributed by atoms with Crippen LogP contribution in [0.2, 0.25) is 0 Å². The van der Waals surface area contributed by atoms with E-state index >= 15 is 0 Å². The molecular weight excluding hydrogens is 366 g/mol. The summed E-state index contributed by atoms with van der Waals surface area (Å²) in [5, 5.41) is 4.32. The second kappa shape index (κ2) is 8.37. The van der Waals surface area contributed by atoms with Crippen LogP contribution in [0.4, 0.5) is 0 Å². The molecule has 0 aliphatic carbocycles. The zero-order valence-electron chi connectivity index (χ0n) is 13.6. The van der Waals surface area contributed by atoms with Crippen molar-refractivity contribution in [3.63, 3.8) is 0 Å². The fourth-order valence-electron chi connectivity index (χ4n) is 2.23. The molecule has 3 N–H and O–H groups in total. The number of thiocarbonyl (C=S) groups is 1. The quantitative estimate of drug-likeness (QED) is 0.481. The Morgan fingerprint density at radius 2 is 1.46 bits per heavy atom. The van der Waals surface area contributed by atoms with E-state index < -0.39 is 0 Å². The maximum atomic E-state index is 12.2. The van der Waals surface area contributed by atoms with E-state index in [0.29, 0.717) is 10.4 Å². The standard InChI is InChI=1S/C19H15N3O2S2/c23-17(21-22-19(25)20-18(24)16-7-4-12-26-16)15-10-8-14(9-11-15)13-5-2-1-3-6-13/h1-12H,(H,21,23)(H2,20,22,24,25). The monoisotopic (exact) mass is 381 g/mol. The van der Waals surface area contributed by atoms with Crippen LogP contribution < -0.4 is 16.2 Å². The Kier molecular flexibility index (Phi) is 5.73. The zero-order chi connectivity index (χ0) is 18.4. The number of hydrogen-bond acceptors (Lipinski definition) is 4. The molecule has 5 nitrogen and oxygen atoms in total. The number of hydrogen-bond donors (Lipinski definition) is 3. The van der Waals surface area contributed by atoms with E-state index in [2.05, 4.69) is 16.2 Å². The Hall–Kier alpha value is -3.03. The molecule has 2 amide bonds. The molecular formula is C19H15N3O2S2. The Morgan fingerprint density at radius 1 is 0.769 bits per heavy atom. The number of carbonyl (C=O) groups is 2. The molecule has 0 fully saturated rings. The number of amides is 2. The third-order valence-electron chi connectivity index (χ3n) is 3.52. The van der Waals surface area contributed by atoms with Gasteiger partial charge in [0.15, 0.2) is 5.11 Å². The van der Waals surface area contributed by atoms with E-state index in [1.54, 1.807) is 29.6 Å². The van der Waals surface area contributed by atoms with Gasteiger partial charge in [0.2, 0.25) is 0 Å². The highest BCUT2D eigenvalue weighted by molar-refractivity contribution is 7.80. The van der Waals surface area contributed by atoms with Gasteiger partial charge >= 0.3 is 0 Å². The summed E-state index contributed by atoms with van der Waals surface area (Å²) in [4.78, 5) is 24.6. The minimum Gasteiger partial charge on any atom is -0.297 e. The Bertz CT molecular complexity index is 908. The summed E-state index contributed by atoms with van der Waals surface area (Å²) >= 11 is 6.31. The van der Waals surface area contributed by atoms with Gasteiger partial charge in [-0.15, -0.1) is 11.3 Å². The molecule has 1 aromatic heterocycles. The van der Waals surface area contributed by atoms with E-state index in [9.17, 15) is 9.59 Å². The zero-order valence-corrected chi connectivity index (χ0v) is 15.2. The third kappa shape index (κ3) is 4.53. The summed E-state index contributed by atoms with van der Waals surface area (Å²) in [6, 6.07) is 20.6. The van der Waals surface area contributed by atoms with Crippen molar-refractivity contribution in [1.29, 1.82) is 0 Å². The second-order valence-electron chi connectivity index (χ2n) is 5.28. The van der Waals surface area contributed by atoms with Crippen molar-refractivity contribution in [2.45, 2.75) is 0 Å². The largest absolute Gasteiger partial charge is 0.297 e. The van der Waals surface area contributed by atoms with E-state index in [4.69, 9.17) is 12.2 Å². The van der Waals surface area contributed by atoms with Gasteiger partial charge < -0.3 is 0 Å². The third-order valence-corrected chi connectivity index (χ3v) is 4.59. The lowest BCUT2D eigenvalue weighted by Crippen LogP contribution is -2.48. The van der Waals surface area contributed by atoms with Gasteiger partial charge in [0, 0.05) is 5.56 Å². The van der Waals surface area contributed by atoms with Crippen LogP contribution in [0.3, 0.4) is 0 Å². The average Bonchev–Trinajstić information content (AvgIpc) is 3.22. The van der Waals surface area contributed by atoms with E-state index in [1.807, 2.05) is 42.5 Å². The molecule has 0 spiro atoms. The molecule has 3 rings (SSSR count). The first-order valence-corrected chi connectivity index (χ1v) is 9.03. The Labute approximate surface area is 160 Å². The fourth-order valence-corrected chi connectivity index (χ4v) is 3.00. The molecule has 0 saturated carbocycles. The minimum atomic E-state index is -0.350. The lowest BCUT2D eigenvalue weighted by molar-refractivity contribution is 0.0935. The van der Waals surface area contributed by atoms with Crippen LogP contribution in [-0.2, 0) is 0 Å². The predicted octanol–water partition coefficient (Wildman–Crippen LogP) is 3.36. The number of carbonyl (C=O) groups excluding carboxylic acids is 2. The van der Waals surface area contributed by atoms with Gasteiger partial charge in [-0.1, -0.05) is 48.5 Å². The summed E-state index contributed by atoms with van der Waals surface area (Å²) in [7, 11) is 0. The second-order valence-corrected chi connectivity index (χ2v) is 6.64. The van der Waals surface area contributed by atoms with Gasteiger partial charge in [-0.25, -0.2) is 0 Å². The molecule has 130 valence electrons. The number of nitrogens with one attached hydrogen (secondary N) is 3. The maximum Gasteiger partial charge on any atom is 0.269 e. The van der Waals surface area contributed by atoms with Crippen molar-refractivity contribution in [3.8, 4) is 11.1 Å². The van der Waals surface area contributed by atoms with Gasteiger partial charge in [-0.3, -0.25) is 25.8 Å². The predicted molar refractivity (Wildman–Crippen MR) is 107 cm³/mol. The van der Waals surface area contributed by atoms with Crippen LogP contribution in [0.5, 0.6) is 0 Å². The lowest BCUT2D eigenvalue weighted by Gasteiger charge is -2.10. The molecule has 0 aliphatic heterocycles. The highest BCUT2D eigenvalue weighted by Crippen LogP contribution is 2.19. The van der Waals surface area contributed by atoms with E-state index in [1.165, 1.54) is 11.3 Å². The van der Waals surface area contributed by atoms with Crippen LogP contribution in [0.15, 0.2) is 72.1 Å². The Balaban J connectivity index is 1.53. The molecule has 26 heavy (non-hydrogen) atoms. The first-order chi connectivity index (χ1) is 12.6. The highest BCUT2D eigenvalue weighted by Gasteiger charge is 2.10.